The topological polar surface area (TPSA) is 46.9 Å². The molecule has 1 amide bonds. The molecule has 140 valence electrons. The summed E-state index contributed by atoms with van der Waals surface area (Å²) in [5, 5.41) is 3.08. The molecule has 0 saturated heterocycles. The van der Waals surface area contributed by atoms with Crippen LogP contribution in [0.4, 0.5) is 0 Å². The Morgan fingerprint density at radius 1 is 1.04 bits per heavy atom. The monoisotopic (exact) mass is 433 g/mol. The summed E-state index contributed by atoms with van der Waals surface area (Å²) >= 11 is 3.42. The number of carbonyl (C=O) groups is 1. The van der Waals surface area contributed by atoms with Gasteiger partial charge in [0.2, 0.25) is 0 Å². The van der Waals surface area contributed by atoms with Crippen LogP contribution in [-0.2, 0) is 6.54 Å². The second-order valence-corrected chi connectivity index (χ2v) is 7.65. The van der Waals surface area contributed by atoms with Crippen LogP contribution in [0.3, 0.4) is 0 Å². The molecular formula is C23H20BrN3O. The second kappa shape index (κ2) is 7.98. The lowest BCUT2D eigenvalue weighted by Crippen LogP contribution is -2.28. The molecule has 3 aromatic carbocycles. The third-order valence-electron chi connectivity index (χ3n) is 4.69. The molecule has 0 unspecified atom stereocenters. The number of imidazole rings is 1. The summed E-state index contributed by atoms with van der Waals surface area (Å²) in [6.45, 7) is 2.67. The SMILES string of the molecule is C[C@H](NC(=O)c1cccc(Br)c1)c1nc2ccccc2n1Cc1ccccc1. The van der Waals surface area contributed by atoms with Gasteiger partial charge in [-0.25, -0.2) is 4.98 Å². The molecule has 4 aromatic rings. The standard InChI is InChI=1S/C23H20BrN3O/c1-16(25-23(28)18-10-7-11-19(24)14-18)22-26-20-12-5-6-13-21(20)27(22)15-17-8-3-2-4-9-17/h2-14,16H,15H2,1H3,(H,25,28)/t16-/m0/s1. The number of para-hydroxylation sites is 2. The van der Waals surface area contributed by atoms with Crippen LogP contribution in [0.25, 0.3) is 11.0 Å². The van der Waals surface area contributed by atoms with Crippen molar-refractivity contribution in [2.75, 3.05) is 0 Å². The molecule has 1 atom stereocenters. The fourth-order valence-corrected chi connectivity index (χ4v) is 3.73. The lowest BCUT2D eigenvalue weighted by Gasteiger charge is -2.17. The summed E-state index contributed by atoms with van der Waals surface area (Å²) in [6.07, 6.45) is 0. The molecule has 28 heavy (non-hydrogen) atoms. The van der Waals surface area contributed by atoms with Crippen molar-refractivity contribution in [3.63, 3.8) is 0 Å². The molecule has 1 N–H and O–H groups in total. The van der Waals surface area contributed by atoms with Gasteiger partial charge in [-0.15, -0.1) is 0 Å². The summed E-state index contributed by atoms with van der Waals surface area (Å²) in [6, 6.07) is 25.5. The first kappa shape index (κ1) is 18.4. The molecule has 0 aliphatic rings. The number of aromatic nitrogens is 2. The number of nitrogens with zero attached hydrogens (tertiary/aromatic N) is 2. The van der Waals surface area contributed by atoms with Crippen LogP contribution in [0.15, 0.2) is 83.3 Å². The summed E-state index contributed by atoms with van der Waals surface area (Å²) in [5.74, 6) is 0.723. The third kappa shape index (κ3) is 3.85. The normalized spacial score (nSPS) is 12.1. The first-order valence-corrected chi connectivity index (χ1v) is 9.96. The Labute approximate surface area is 172 Å². The van der Waals surface area contributed by atoms with Gasteiger partial charge in [0.15, 0.2) is 0 Å². The van der Waals surface area contributed by atoms with Gasteiger partial charge in [0.05, 0.1) is 17.1 Å². The van der Waals surface area contributed by atoms with E-state index in [-0.39, 0.29) is 11.9 Å². The van der Waals surface area contributed by atoms with Crippen molar-refractivity contribution in [1.82, 2.24) is 14.9 Å². The van der Waals surface area contributed by atoms with Gasteiger partial charge in [-0.2, -0.15) is 0 Å². The number of rotatable bonds is 5. The largest absolute Gasteiger partial charge is 0.342 e. The zero-order valence-electron chi connectivity index (χ0n) is 15.5. The Hall–Kier alpha value is -2.92. The van der Waals surface area contributed by atoms with E-state index in [0.717, 1.165) is 21.3 Å². The summed E-state index contributed by atoms with van der Waals surface area (Å²) in [4.78, 5) is 17.5. The van der Waals surface area contributed by atoms with Crippen molar-refractivity contribution in [2.45, 2.75) is 19.5 Å². The molecule has 0 radical (unpaired) electrons. The Morgan fingerprint density at radius 2 is 1.79 bits per heavy atom. The van der Waals surface area contributed by atoms with E-state index >= 15 is 0 Å². The zero-order chi connectivity index (χ0) is 19.5. The molecule has 0 spiro atoms. The smallest absolute Gasteiger partial charge is 0.251 e. The predicted molar refractivity (Wildman–Crippen MR) is 115 cm³/mol. The van der Waals surface area contributed by atoms with E-state index in [9.17, 15) is 4.79 Å². The number of hydrogen-bond acceptors (Lipinski definition) is 2. The van der Waals surface area contributed by atoms with Gasteiger partial charge in [-0.05, 0) is 42.8 Å². The minimum Gasteiger partial charge on any atom is -0.342 e. The Balaban J connectivity index is 1.67. The highest BCUT2D eigenvalue weighted by atomic mass is 79.9. The average molecular weight is 434 g/mol. The molecular weight excluding hydrogens is 414 g/mol. The van der Waals surface area contributed by atoms with E-state index in [1.807, 2.05) is 61.5 Å². The average Bonchev–Trinajstić information content (AvgIpc) is 3.07. The van der Waals surface area contributed by atoms with Gasteiger partial charge in [0.1, 0.15) is 5.82 Å². The molecule has 1 aromatic heterocycles. The number of hydrogen-bond donors (Lipinski definition) is 1. The number of carbonyl (C=O) groups excluding carboxylic acids is 1. The highest BCUT2D eigenvalue weighted by Crippen LogP contribution is 2.23. The molecule has 0 saturated carbocycles. The molecule has 0 aliphatic carbocycles. The lowest BCUT2D eigenvalue weighted by atomic mass is 10.2. The number of nitrogens with one attached hydrogen (secondary N) is 1. The number of fused-ring (bicyclic) bond motifs is 1. The highest BCUT2D eigenvalue weighted by molar-refractivity contribution is 9.10. The fraction of sp³-hybridized carbons (Fsp3) is 0.130. The van der Waals surface area contributed by atoms with Gasteiger partial charge in [0.25, 0.3) is 5.91 Å². The molecule has 4 nitrogen and oxygen atoms in total. The summed E-state index contributed by atoms with van der Waals surface area (Å²) in [5.41, 5.74) is 3.80. The van der Waals surface area contributed by atoms with E-state index in [1.54, 1.807) is 6.07 Å². The number of benzene rings is 3. The lowest BCUT2D eigenvalue weighted by molar-refractivity contribution is 0.0937. The predicted octanol–water partition coefficient (Wildman–Crippen LogP) is 5.34. The van der Waals surface area contributed by atoms with Gasteiger partial charge in [-0.3, -0.25) is 4.79 Å². The maximum absolute atomic E-state index is 12.7. The van der Waals surface area contributed by atoms with Crippen molar-refractivity contribution in [3.05, 3.63) is 100 Å². The van der Waals surface area contributed by atoms with Crippen LogP contribution < -0.4 is 5.32 Å². The second-order valence-electron chi connectivity index (χ2n) is 6.74. The quantitative estimate of drug-likeness (QED) is 0.461. The van der Waals surface area contributed by atoms with E-state index in [1.165, 1.54) is 5.56 Å². The van der Waals surface area contributed by atoms with Crippen molar-refractivity contribution in [2.24, 2.45) is 0 Å². The van der Waals surface area contributed by atoms with Crippen LogP contribution >= 0.6 is 15.9 Å². The van der Waals surface area contributed by atoms with E-state index in [2.05, 4.69) is 44.0 Å². The fourth-order valence-electron chi connectivity index (χ4n) is 3.33. The summed E-state index contributed by atoms with van der Waals surface area (Å²) < 4.78 is 3.06. The van der Waals surface area contributed by atoms with Crippen LogP contribution in [-0.4, -0.2) is 15.5 Å². The van der Waals surface area contributed by atoms with Gasteiger partial charge in [-0.1, -0.05) is 64.5 Å². The molecule has 0 bridgehead atoms. The van der Waals surface area contributed by atoms with E-state index in [0.29, 0.717) is 12.1 Å². The van der Waals surface area contributed by atoms with E-state index < -0.39 is 0 Å². The maximum Gasteiger partial charge on any atom is 0.251 e. The molecule has 0 fully saturated rings. The molecule has 1 heterocycles. The first-order chi connectivity index (χ1) is 13.6. The zero-order valence-corrected chi connectivity index (χ0v) is 17.1. The number of amides is 1. The van der Waals surface area contributed by atoms with Crippen LogP contribution in [0, 0.1) is 0 Å². The Bertz CT molecular complexity index is 1120. The van der Waals surface area contributed by atoms with Crippen molar-refractivity contribution in [3.8, 4) is 0 Å². The van der Waals surface area contributed by atoms with Crippen molar-refractivity contribution in [1.29, 1.82) is 0 Å². The van der Waals surface area contributed by atoms with Crippen LogP contribution in [0.5, 0.6) is 0 Å². The molecule has 4 rings (SSSR count). The third-order valence-corrected chi connectivity index (χ3v) is 5.18. The maximum atomic E-state index is 12.7. The van der Waals surface area contributed by atoms with Crippen LogP contribution in [0.1, 0.15) is 34.7 Å². The van der Waals surface area contributed by atoms with E-state index in [4.69, 9.17) is 4.98 Å². The van der Waals surface area contributed by atoms with Gasteiger partial charge >= 0.3 is 0 Å². The van der Waals surface area contributed by atoms with Gasteiger partial charge in [0, 0.05) is 16.6 Å². The van der Waals surface area contributed by atoms with Crippen molar-refractivity contribution >= 4 is 32.9 Å². The Morgan fingerprint density at radius 3 is 2.57 bits per heavy atom. The van der Waals surface area contributed by atoms with Gasteiger partial charge < -0.3 is 9.88 Å². The first-order valence-electron chi connectivity index (χ1n) is 9.17. The minimum atomic E-state index is -0.234. The number of halogens is 1. The van der Waals surface area contributed by atoms with Crippen molar-refractivity contribution < 1.29 is 4.79 Å². The molecule has 0 aliphatic heterocycles. The highest BCUT2D eigenvalue weighted by Gasteiger charge is 2.19. The Kier molecular flexibility index (Phi) is 5.26. The molecule has 5 heteroatoms. The van der Waals surface area contributed by atoms with Crippen LogP contribution in [0.2, 0.25) is 0 Å². The minimum absolute atomic E-state index is 0.118. The summed E-state index contributed by atoms with van der Waals surface area (Å²) in [7, 11) is 0.